The smallest absolute Gasteiger partial charge is 0.329 e. The lowest BCUT2D eigenvalue weighted by atomic mass is 9.72. The number of fused-ring (bicyclic) bond motifs is 10. The molecular weight excluding hydrogens is 785 g/mol. The fraction of sp³-hybridized carbons (Fsp3) is 0.652. The fourth-order valence-corrected chi connectivity index (χ4v) is 11.8. The summed E-state index contributed by atoms with van der Waals surface area (Å²) in [6.07, 6.45) is 16.5. The number of hydrogen-bond donors (Lipinski definition) is 3. The third-order valence-corrected chi connectivity index (χ3v) is 14.4. The molecule has 8 rings (SSSR count). The van der Waals surface area contributed by atoms with Gasteiger partial charge >= 0.3 is 11.9 Å². The van der Waals surface area contributed by atoms with Crippen molar-refractivity contribution in [3.8, 4) is 34.8 Å². The maximum Gasteiger partial charge on any atom is 0.329 e. The lowest BCUT2D eigenvalue weighted by molar-refractivity contribution is -0.151. The van der Waals surface area contributed by atoms with Crippen molar-refractivity contribution in [2.45, 2.75) is 166 Å². The number of unbranched alkanes of at least 4 members (excludes halogenated alkanes) is 12. The molecular formula is C46H62N4O9S. The number of thioether (sulfide) groups is 1. The number of carbonyl (C=O) groups is 3. The predicted octanol–water partition coefficient (Wildman–Crippen LogP) is 7.86. The van der Waals surface area contributed by atoms with Gasteiger partial charge in [0.15, 0.2) is 23.0 Å². The van der Waals surface area contributed by atoms with Crippen molar-refractivity contribution in [1.29, 1.82) is 5.26 Å². The number of aryl methyl sites for hydroxylation is 1. The lowest BCUT2D eigenvalue weighted by Gasteiger charge is -2.59. The first-order valence-corrected chi connectivity index (χ1v) is 23.2. The summed E-state index contributed by atoms with van der Waals surface area (Å²) >= 11 is 1.43. The van der Waals surface area contributed by atoms with E-state index in [4.69, 9.17) is 23.7 Å². The van der Waals surface area contributed by atoms with E-state index in [1.54, 1.807) is 0 Å². The molecule has 6 heterocycles. The number of nitrogens with zero attached hydrogens (tertiary/aromatic N) is 2. The number of benzene rings is 2. The Labute approximate surface area is 358 Å². The van der Waals surface area contributed by atoms with Crippen LogP contribution in [0.5, 0.6) is 28.7 Å². The average Bonchev–Trinajstić information content (AvgIpc) is 3.72. The maximum atomic E-state index is 13.9. The van der Waals surface area contributed by atoms with Crippen LogP contribution in [0.2, 0.25) is 0 Å². The van der Waals surface area contributed by atoms with Crippen molar-refractivity contribution in [3.05, 3.63) is 39.4 Å². The van der Waals surface area contributed by atoms with Crippen LogP contribution in [0.1, 0.15) is 154 Å². The molecule has 0 aromatic heterocycles. The molecule has 2 unspecified atom stereocenters. The van der Waals surface area contributed by atoms with Crippen LogP contribution in [0.25, 0.3) is 0 Å². The predicted molar refractivity (Wildman–Crippen MR) is 228 cm³/mol. The number of hydrogen-bond acceptors (Lipinski definition) is 13. The van der Waals surface area contributed by atoms with Crippen LogP contribution >= 0.6 is 11.8 Å². The van der Waals surface area contributed by atoms with Crippen LogP contribution in [0.4, 0.5) is 0 Å². The van der Waals surface area contributed by atoms with Gasteiger partial charge in [0.1, 0.15) is 24.4 Å². The van der Waals surface area contributed by atoms with Gasteiger partial charge in [-0.1, -0.05) is 90.0 Å². The number of carbonyl (C=O) groups excluding carboxylic acids is 3. The number of esters is 2. The largest absolute Gasteiger partial charge is 0.504 e. The van der Waals surface area contributed by atoms with Crippen molar-refractivity contribution >= 4 is 29.6 Å². The molecule has 2 aromatic rings. The van der Waals surface area contributed by atoms with Gasteiger partial charge in [0, 0.05) is 53.4 Å². The van der Waals surface area contributed by atoms with Crippen LogP contribution in [0.15, 0.2) is 6.07 Å². The molecule has 0 saturated carbocycles. The van der Waals surface area contributed by atoms with Crippen LogP contribution in [0.3, 0.4) is 0 Å². The molecule has 2 fully saturated rings. The molecule has 2 saturated heterocycles. The van der Waals surface area contributed by atoms with E-state index in [-0.39, 0.29) is 36.9 Å². The summed E-state index contributed by atoms with van der Waals surface area (Å²) in [7, 11) is 1.53. The molecule has 0 aliphatic carbocycles. The average molecular weight is 847 g/mol. The molecule has 13 nitrogen and oxygen atoms in total. The van der Waals surface area contributed by atoms with Crippen molar-refractivity contribution in [2.75, 3.05) is 26.3 Å². The minimum atomic E-state index is -0.946. The van der Waals surface area contributed by atoms with E-state index in [1.165, 1.54) is 90.0 Å². The summed E-state index contributed by atoms with van der Waals surface area (Å²) in [5.74, 6) is 0.500. The third-order valence-electron chi connectivity index (χ3n) is 13.0. The van der Waals surface area contributed by atoms with Gasteiger partial charge in [-0.15, -0.1) is 11.8 Å². The minimum Gasteiger partial charge on any atom is -0.504 e. The number of nitriles is 1. The maximum absolute atomic E-state index is 13.9. The van der Waals surface area contributed by atoms with E-state index < -0.39 is 47.4 Å². The second-order valence-corrected chi connectivity index (χ2v) is 18.2. The monoisotopic (exact) mass is 846 g/mol. The Bertz CT molecular complexity index is 1970. The molecule has 0 radical (unpaired) electrons. The second-order valence-electron chi connectivity index (χ2n) is 17.1. The van der Waals surface area contributed by atoms with Gasteiger partial charge in [-0.2, -0.15) is 5.26 Å². The van der Waals surface area contributed by atoms with E-state index in [2.05, 4.69) is 28.5 Å². The normalized spacial score (nSPS) is 25.0. The molecule has 60 heavy (non-hydrogen) atoms. The van der Waals surface area contributed by atoms with Crippen LogP contribution < -0.4 is 29.6 Å². The van der Waals surface area contributed by atoms with Gasteiger partial charge < -0.3 is 39.4 Å². The first kappa shape index (κ1) is 43.9. The Balaban J connectivity index is 1.14. The van der Waals surface area contributed by atoms with Gasteiger partial charge in [0.2, 0.25) is 12.7 Å². The number of amides is 1. The van der Waals surface area contributed by atoms with E-state index >= 15 is 0 Å². The van der Waals surface area contributed by atoms with Crippen LogP contribution in [-0.2, 0) is 25.5 Å². The summed E-state index contributed by atoms with van der Waals surface area (Å²) < 4.78 is 30.0. The molecule has 14 heteroatoms. The molecule has 4 bridgehead atoms. The molecule has 6 aliphatic heterocycles. The summed E-state index contributed by atoms with van der Waals surface area (Å²) in [4.78, 5) is 42.3. The number of rotatable bonds is 17. The fourth-order valence-electron chi connectivity index (χ4n) is 10.2. The quantitative estimate of drug-likeness (QED) is 0.0801. The molecule has 6 aliphatic rings. The second kappa shape index (κ2) is 19.7. The summed E-state index contributed by atoms with van der Waals surface area (Å²) in [5.41, 5.74) is 4.30. The minimum absolute atomic E-state index is 0.0313. The van der Waals surface area contributed by atoms with Crippen molar-refractivity contribution in [2.24, 2.45) is 0 Å². The number of methoxy groups -OCH3 is 1. The van der Waals surface area contributed by atoms with Gasteiger partial charge in [-0.3, -0.25) is 14.5 Å². The molecule has 1 amide bonds. The summed E-state index contributed by atoms with van der Waals surface area (Å²) in [6, 6.07) is 0.866. The van der Waals surface area contributed by atoms with E-state index in [0.29, 0.717) is 58.1 Å². The number of nitrogens with one attached hydrogen (secondary N) is 2. The Morgan fingerprint density at radius 3 is 2.28 bits per heavy atom. The highest BCUT2D eigenvalue weighted by atomic mass is 32.2. The van der Waals surface area contributed by atoms with Gasteiger partial charge in [0.05, 0.1) is 30.5 Å². The first-order chi connectivity index (χ1) is 29.1. The van der Waals surface area contributed by atoms with E-state index in [9.17, 15) is 24.8 Å². The number of ether oxygens (including phenoxy) is 5. The number of phenolic OH excluding ortho intramolecular Hbond substituents is 1. The number of phenols is 1. The van der Waals surface area contributed by atoms with E-state index in [1.807, 2.05) is 19.9 Å². The number of aromatic hydroxyl groups is 1. The summed E-state index contributed by atoms with van der Waals surface area (Å²) in [6.45, 7) is 7.09. The Kier molecular flexibility index (Phi) is 14.4. The van der Waals surface area contributed by atoms with Gasteiger partial charge in [0.25, 0.3) is 0 Å². The zero-order valence-electron chi connectivity index (χ0n) is 35.9. The van der Waals surface area contributed by atoms with Crippen LogP contribution in [0, 0.1) is 25.2 Å². The third kappa shape index (κ3) is 8.77. The molecule has 7 atom stereocenters. The molecule has 0 spiro atoms. The molecule has 2 aromatic carbocycles. The number of piperazine rings is 1. The topological polar surface area (TPSA) is 169 Å². The highest BCUT2D eigenvalue weighted by Gasteiger charge is 2.59. The molecule has 3 N–H and O–H groups in total. The van der Waals surface area contributed by atoms with Crippen molar-refractivity contribution in [1.82, 2.24) is 15.5 Å². The van der Waals surface area contributed by atoms with Crippen LogP contribution in [-0.4, -0.2) is 78.3 Å². The SMILES string of the molecule is CCCCCCCCCCCCCCCC(=O)NC1CS[C@@H]2c3c(OC(C)=O)c(C)c4c(c3[C@H](COC1=O)N1C2[C@@H]2N[C@@H](Cc3cc(C)c(OC)c(O)c32)[C@@H]1C#N)OCO4. The lowest BCUT2D eigenvalue weighted by Crippen LogP contribution is -2.69. The summed E-state index contributed by atoms with van der Waals surface area (Å²) in [5, 5.41) is 29.0. The van der Waals surface area contributed by atoms with Gasteiger partial charge in [-0.05, 0) is 37.8 Å². The molecule has 326 valence electrons. The van der Waals surface area contributed by atoms with E-state index in [0.717, 1.165) is 30.4 Å². The zero-order valence-corrected chi connectivity index (χ0v) is 36.7. The highest BCUT2D eigenvalue weighted by Crippen LogP contribution is 2.62. The Hall–Kier alpha value is -4.19. The standard InChI is InChI=1S/C46H62N4O9S/c1-6-7-8-9-10-11-12-13-14-15-16-17-18-19-34(52)48-31-24-60-45-37-36(44-43(57-25-58-44)27(3)42(37)59-28(4)51)33(23-56-46(31)54)50-32(22-47)30-21-29-20-26(2)41(55-5)40(53)35(29)38(49-30)39(45)50/h20,30-33,38-39,45,49,53H,6-19,21,23-25H2,1-5H3,(H,48,52)/t30-,31?,32-,33-,38+,39?,45+/m0/s1. The van der Waals surface area contributed by atoms with Gasteiger partial charge in [-0.25, -0.2) is 4.79 Å². The Morgan fingerprint density at radius 2 is 1.63 bits per heavy atom. The highest BCUT2D eigenvalue weighted by molar-refractivity contribution is 7.99. The van der Waals surface area contributed by atoms with Crippen molar-refractivity contribution < 1.29 is 43.2 Å². The zero-order chi connectivity index (χ0) is 42.5. The first-order valence-electron chi connectivity index (χ1n) is 22.1. The van der Waals surface area contributed by atoms with Crippen molar-refractivity contribution in [3.63, 3.8) is 0 Å². The Morgan fingerprint density at radius 1 is 0.967 bits per heavy atom.